The van der Waals surface area contributed by atoms with Crippen LogP contribution < -0.4 is 0 Å². The highest BCUT2D eigenvalue weighted by Gasteiger charge is 2.32. The lowest BCUT2D eigenvalue weighted by atomic mass is 9.90. The van der Waals surface area contributed by atoms with Gasteiger partial charge in [0.05, 0.1) is 11.9 Å². The van der Waals surface area contributed by atoms with Crippen LogP contribution >= 0.6 is 11.3 Å². The molecule has 6 nitrogen and oxygen atoms in total. The molecule has 0 fully saturated rings. The highest BCUT2D eigenvalue weighted by Crippen LogP contribution is 2.28. The van der Waals surface area contributed by atoms with Crippen LogP contribution in [-0.2, 0) is 10.2 Å². The molecule has 2 heterocycles. The number of carbonyl (C=O) groups is 1. The van der Waals surface area contributed by atoms with Gasteiger partial charge in [-0.15, -0.1) is 11.3 Å². The number of hydrogen-bond acceptors (Lipinski definition) is 5. The summed E-state index contributed by atoms with van der Waals surface area (Å²) in [6, 6.07) is 0. The van der Waals surface area contributed by atoms with Gasteiger partial charge in [0.25, 0.3) is 0 Å². The Bertz CT molecular complexity index is 503. The molecule has 0 aliphatic heterocycles. The summed E-state index contributed by atoms with van der Waals surface area (Å²) in [4.78, 5) is 15.3. The van der Waals surface area contributed by atoms with Crippen molar-refractivity contribution in [3.63, 3.8) is 0 Å². The number of aliphatic carboxylic acids is 1. The number of carboxylic acids is 1. The van der Waals surface area contributed by atoms with Crippen LogP contribution in [0, 0.1) is 0 Å². The molecule has 2 N–H and O–H groups in total. The Morgan fingerprint density at radius 1 is 1.56 bits per heavy atom. The maximum Gasteiger partial charge on any atom is 0.315 e. The number of nitrogens with zero attached hydrogens (tertiary/aromatic N) is 3. The molecule has 0 bridgehead atoms. The standard InChI is InChI=1S/C9H10N4O2S/c1-9(2,8(14)15)6-4-16-7(11-6)5-3-10-13-12-5/h3-4H,1-2H3,(H,14,15)(H,10,12,13). The molecule has 0 aliphatic rings. The number of carboxylic acid groups (broad SMARTS) is 1. The topological polar surface area (TPSA) is 91.8 Å². The van der Waals surface area contributed by atoms with Crippen molar-refractivity contribution in [3.05, 3.63) is 17.3 Å². The van der Waals surface area contributed by atoms with Gasteiger partial charge in [0, 0.05) is 5.38 Å². The minimum atomic E-state index is -0.988. The van der Waals surface area contributed by atoms with Crippen molar-refractivity contribution in [2.75, 3.05) is 0 Å². The zero-order valence-corrected chi connectivity index (χ0v) is 9.58. The predicted molar refractivity (Wildman–Crippen MR) is 58.2 cm³/mol. The molecule has 0 spiro atoms. The summed E-state index contributed by atoms with van der Waals surface area (Å²) >= 11 is 1.35. The van der Waals surface area contributed by atoms with E-state index in [9.17, 15) is 4.79 Å². The van der Waals surface area contributed by atoms with Gasteiger partial charge in [-0.2, -0.15) is 15.4 Å². The summed E-state index contributed by atoms with van der Waals surface area (Å²) in [5.74, 6) is -0.899. The summed E-state index contributed by atoms with van der Waals surface area (Å²) in [6.07, 6.45) is 1.55. The predicted octanol–water partition coefficient (Wildman–Crippen LogP) is 1.29. The van der Waals surface area contributed by atoms with Gasteiger partial charge in [0.1, 0.15) is 16.1 Å². The summed E-state index contributed by atoms with van der Waals surface area (Å²) in [7, 11) is 0. The van der Waals surface area contributed by atoms with Gasteiger partial charge in [0.15, 0.2) is 0 Å². The smallest absolute Gasteiger partial charge is 0.315 e. The number of aromatic amines is 1. The van der Waals surface area contributed by atoms with Gasteiger partial charge in [0.2, 0.25) is 0 Å². The lowest BCUT2D eigenvalue weighted by molar-refractivity contribution is -0.142. The molecule has 16 heavy (non-hydrogen) atoms. The molecule has 0 atom stereocenters. The van der Waals surface area contributed by atoms with Crippen LogP contribution in [0.15, 0.2) is 11.6 Å². The average molecular weight is 238 g/mol. The molecule has 0 amide bonds. The van der Waals surface area contributed by atoms with Crippen LogP contribution in [0.5, 0.6) is 0 Å². The second-order valence-electron chi connectivity index (χ2n) is 3.82. The van der Waals surface area contributed by atoms with E-state index in [1.165, 1.54) is 11.3 Å². The van der Waals surface area contributed by atoms with Crippen LogP contribution in [0.4, 0.5) is 0 Å². The molecule has 0 saturated carbocycles. The number of hydrogen-bond donors (Lipinski definition) is 2. The zero-order chi connectivity index (χ0) is 11.8. The lowest BCUT2D eigenvalue weighted by Gasteiger charge is -2.15. The maximum absolute atomic E-state index is 11.0. The van der Waals surface area contributed by atoms with Crippen molar-refractivity contribution in [2.45, 2.75) is 19.3 Å². The molecule has 0 radical (unpaired) electrons. The third-order valence-corrected chi connectivity index (χ3v) is 3.18. The molecule has 2 rings (SSSR count). The van der Waals surface area contributed by atoms with Gasteiger partial charge in [-0.05, 0) is 13.8 Å². The van der Waals surface area contributed by atoms with Crippen LogP contribution in [0.3, 0.4) is 0 Å². The average Bonchev–Trinajstić information content (AvgIpc) is 2.88. The zero-order valence-electron chi connectivity index (χ0n) is 8.76. The van der Waals surface area contributed by atoms with Gasteiger partial charge >= 0.3 is 5.97 Å². The van der Waals surface area contributed by atoms with Crippen LogP contribution in [-0.4, -0.2) is 31.5 Å². The number of nitrogens with one attached hydrogen (secondary N) is 1. The van der Waals surface area contributed by atoms with E-state index in [1.807, 2.05) is 0 Å². The van der Waals surface area contributed by atoms with Crippen LogP contribution in [0.1, 0.15) is 19.5 Å². The van der Waals surface area contributed by atoms with E-state index in [2.05, 4.69) is 20.4 Å². The van der Waals surface area contributed by atoms with E-state index in [0.717, 1.165) is 0 Å². The summed E-state index contributed by atoms with van der Waals surface area (Å²) in [5, 5.41) is 21.5. The second-order valence-corrected chi connectivity index (χ2v) is 4.68. The maximum atomic E-state index is 11.0. The Hall–Kier alpha value is -1.76. The number of rotatable bonds is 3. The van der Waals surface area contributed by atoms with E-state index < -0.39 is 11.4 Å². The Morgan fingerprint density at radius 2 is 2.31 bits per heavy atom. The largest absolute Gasteiger partial charge is 0.481 e. The molecule has 0 unspecified atom stereocenters. The summed E-state index contributed by atoms with van der Waals surface area (Å²) < 4.78 is 0. The van der Waals surface area contributed by atoms with Crippen molar-refractivity contribution in [1.29, 1.82) is 0 Å². The normalized spacial score (nSPS) is 11.6. The lowest BCUT2D eigenvalue weighted by Crippen LogP contribution is -2.28. The highest BCUT2D eigenvalue weighted by molar-refractivity contribution is 7.13. The van der Waals surface area contributed by atoms with Crippen LogP contribution in [0.2, 0.25) is 0 Å². The minimum Gasteiger partial charge on any atom is -0.481 e. The first kappa shape index (κ1) is 10.7. The van der Waals surface area contributed by atoms with Gasteiger partial charge in [-0.3, -0.25) is 4.79 Å². The first-order valence-electron chi connectivity index (χ1n) is 4.57. The summed E-state index contributed by atoms with van der Waals surface area (Å²) in [6.45, 7) is 3.24. The molecule has 2 aromatic heterocycles. The molecule has 84 valence electrons. The highest BCUT2D eigenvalue weighted by atomic mass is 32.1. The Balaban J connectivity index is 2.37. The van der Waals surface area contributed by atoms with E-state index in [-0.39, 0.29) is 0 Å². The first-order valence-corrected chi connectivity index (χ1v) is 5.45. The molecule has 0 saturated heterocycles. The van der Waals surface area contributed by atoms with Crippen molar-refractivity contribution in [1.82, 2.24) is 20.4 Å². The fourth-order valence-corrected chi connectivity index (χ4v) is 2.03. The summed E-state index contributed by atoms with van der Waals surface area (Å²) in [5.41, 5.74) is 0.166. The van der Waals surface area contributed by atoms with E-state index in [0.29, 0.717) is 16.4 Å². The molecule has 0 aromatic carbocycles. The molecule has 0 aliphatic carbocycles. The number of H-pyrrole nitrogens is 1. The fraction of sp³-hybridized carbons (Fsp3) is 0.333. The van der Waals surface area contributed by atoms with Crippen LogP contribution in [0.25, 0.3) is 10.7 Å². The minimum absolute atomic E-state index is 0.531. The van der Waals surface area contributed by atoms with Crippen molar-refractivity contribution >= 4 is 17.3 Å². The SMILES string of the molecule is CC(C)(C(=O)O)c1csc(-c2cn[nH]n2)n1. The van der Waals surface area contributed by atoms with Crippen molar-refractivity contribution in [2.24, 2.45) is 0 Å². The van der Waals surface area contributed by atoms with Crippen molar-refractivity contribution < 1.29 is 9.90 Å². The Morgan fingerprint density at radius 3 is 2.88 bits per heavy atom. The van der Waals surface area contributed by atoms with Gasteiger partial charge in [-0.1, -0.05) is 0 Å². The van der Waals surface area contributed by atoms with E-state index in [1.54, 1.807) is 25.4 Å². The van der Waals surface area contributed by atoms with Gasteiger partial charge < -0.3 is 5.11 Å². The second kappa shape index (κ2) is 3.67. The monoisotopic (exact) mass is 238 g/mol. The third-order valence-electron chi connectivity index (χ3n) is 2.31. The third kappa shape index (κ3) is 1.69. The van der Waals surface area contributed by atoms with Gasteiger partial charge in [-0.25, -0.2) is 4.98 Å². The molecular formula is C9H10N4O2S. The number of thiazole rings is 1. The molecule has 2 aromatic rings. The first-order chi connectivity index (χ1) is 7.51. The number of aromatic nitrogens is 4. The van der Waals surface area contributed by atoms with E-state index >= 15 is 0 Å². The van der Waals surface area contributed by atoms with Crippen molar-refractivity contribution in [3.8, 4) is 10.7 Å². The van der Waals surface area contributed by atoms with E-state index in [4.69, 9.17) is 5.11 Å². The molecular weight excluding hydrogens is 228 g/mol. The Kier molecular flexibility index (Phi) is 2.47. The molecule has 7 heteroatoms. The quantitative estimate of drug-likeness (QED) is 0.840. The Labute approximate surface area is 95.3 Å². The fourth-order valence-electron chi connectivity index (χ4n) is 1.09.